The van der Waals surface area contributed by atoms with Crippen molar-refractivity contribution in [3.05, 3.63) is 12.0 Å². The molecule has 0 rings (SSSR count). The van der Waals surface area contributed by atoms with Crippen molar-refractivity contribution in [1.29, 1.82) is 0 Å². The van der Waals surface area contributed by atoms with Crippen molar-refractivity contribution in [2.45, 2.75) is 6.92 Å². The molecule has 0 atom stereocenters. The lowest BCUT2D eigenvalue weighted by molar-refractivity contribution is -0.139. The van der Waals surface area contributed by atoms with Crippen LogP contribution in [0.3, 0.4) is 0 Å². The van der Waals surface area contributed by atoms with Crippen LogP contribution in [0.2, 0.25) is 0 Å². The van der Waals surface area contributed by atoms with E-state index in [1.807, 2.05) is 5.32 Å². The van der Waals surface area contributed by atoms with E-state index in [0.717, 1.165) is 0 Å². The number of amides is 1. The molecular weight excluding hydrogens is 152 g/mol. The van der Waals surface area contributed by atoms with Crippen molar-refractivity contribution >= 4 is 12.4 Å². The van der Waals surface area contributed by atoms with Crippen LogP contribution in [0.4, 0.5) is 0 Å². The largest absolute Gasteiger partial charge is 0.513 e. The molecule has 0 unspecified atom stereocenters. The number of carbonyl (C=O) groups excluding carboxylic acids is 2. The van der Waals surface area contributed by atoms with Crippen LogP contribution in [0.15, 0.2) is 12.0 Å². The minimum Gasteiger partial charge on any atom is -0.513 e. The lowest BCUT2D eigenvalue weighted by Crippen LogP contribution is -2.20. The standard InChI is InChI=1S/C6H9NO4/c1-2-11-6(10)5(3-8)7-4-9/h3-4,8H,2H2,1H3,(H,7,9)/i5+1,6+1. The highest BCUT2D eigenvalue weighted by molar-refractivity contribution is 5.89. The minimum atomic E-state index is -0.762. The Hall–Kier alpha value is -1.52. The predicted octanol–water partition coefficient (Wildman–Crippen LogP) is -0.305. The third-order valence-electron chi connectivity index (χ3n) is 0.839. The van der Waals surface area contributed by atoms with Gasteiger partial charge in [0.15, 0.2) is 5.70 Å². The van der Waals surface area contributed by atoms with Crippen LogP contribution in [-0.4, -0.2) is 24.1 Å². The Morgan fingerprint density at radius 1 is 1.73 bits per heavy atom. The van der Waals surface area contributed by atoms with Crippen molar-refractivity contribution in [3.63, 3.8) is 0 Å². The number of hydrogen-bond acceptors (Lipinski definition) is 4. The summed E-state index contributed by atoms with van der Waals surface area (Å²) in [5.74, 6) is -0.762. The molecule has 0 bridgehead atoms. The zero-order valence-electron chi connectivity index (χ0n) is 6.03. The van der Waals surface area contributed by atoms with E-state index in [-0.39, 0.29) is 18.7 Å². The van der Waals surface area contributed by atoms with Gasteiger partial charge in [-0.05, 0) is 6.92 Å². The third-order valence-corrected chi connectivity index (χ3v) is 0.839. The van der Waals surface area contributed by atoms with Crippen molar-refractivity contribution in [1.82, 2.24) is 5.32 Å². The van der Waals surface area contributed by atoms with Gasteiger partial charge in [0.25, 0.3) is 0 Å². The fourth-order valence-electron chi connectivity index (χ4n) is 0.421. The Balaban J connectivity index is 4.04. The monoisotopic (exact) mass is 161 g/mol. The first kappa shape index (κ1) is 9.48. The summed E-state index contributed by atoms with van der Waals surface area (Å²) in [5, 5.41) is 10.3. The van der Waals surface area contributed by atoms with Crippen molar-refractivity contribution in [2.24, 2.45) is 0 Å². The lowest BCUT2D eigenvalue weighted by Gasteiger charge is -2.01. The second-order valence-corrected chi connectivity index (χ2v) is 1.53. The molecule has 0 radical (unpaired) electrons. The van der Waals surface area contributed by atoms with Crippen LogP contribution in [0, 0.1) is 0 Å². The molecule has 0 aliphatic heterocycles. The van der Waals surface area contributed by atoms with E-state index in [4.69, 9.17) is 5.11 Å². The summed E-state index contributed by atoms with van der Waals surface area (Å²) in [5.41, 5.74) is -0.276. The average molecular weight is 161 g/mol. The molecule has 62 valence electrons. The second-order valence-electron chi connectivity index (χ2n) is 1.53. The van der Waals surface area contributed by atoms with Gasteiger partial charge in [-0.1, -0.05) is 0 Å². The first-order chi connectivity index (χ1) is 5.26. The molecule has 0 saturated carbocycles. The highest BCUT2D eigenvalue weighted by atomic mass is 16.6. The predicted molar refractivity (Wildman–Crippen MR) is 36.5 cm³/mol. The van der Waals surface area contributed by atoms with Gasteiger partial charge >= 0.3 is 5.97 Å². The van der Waals surface area contributed by atoms with Gasteiger partial charge in [-0.2, -0.15) is 0 Å². The number of aliphatic hydroxyl groups excluding tert-OH is 1. The van der Waals surface area contributed by atoms with Gasteiger partial charge in [0.1, 0.15) is 6.26 Å². The molecule has 0 aromatic rings. The molecule has 11 heavy (non-hydrogen) atoms. The Kier molecular flexibility index (Phi) is 4.55. The lowest BCUT2D eigenvalue weighted by atomic mass is 10.9. The van der Waals surface area contributed by atoms with Crippen molar-refractivity contribution in [3.8, 4) is 0 Å². The van der Waals surface area contributed by atoms with E-state index >= 15 is 0 Å². The summed E-state index contributed by atoms with van der Waals surface area (Å²) >= 11 is 0. The summed E-state index contributed by atoms with van der Waals surface area (Å²) in [6.07, 6.45) is 0.755. The van der Waals surface area contributed by atoms with Gasteiger partial charge < -0.3 is 15.2 Å². The zero-order chi connectivity index (χ0) is 8.69. The van der Waals surface area contributed by atoms with Gasteiger partial charge in [0.2, 0.25) is 6.41 Å². The number of hydrogen-bond donors (Lipinski definition) is 2. The number of aliphatic hydroxyl groups is 1. The van der Waals surface area contributed by atoms with E-state index in [1.54, 1.807) is 6.92 Å². The minimum absolute atomic E-state index is 0.191. The average Bonchev–Trinajstić information content (AvgIpc) is 2.00. The summed E-state index contributed by atoms with van der Waals surface area (Å²) in [6, 6.07) is 0. The topological polar surface area (TPSA) is 75.6 Å². The van der Waals surface area contributed by atoms with Crippen molar-refractivity contribution in [2.75, 3.05) is 6.61 Å². The maximum Gasteiger partial charge on any atom is 0.358 e. The number of carbonyl (C=O) groups is 2. The van der Waals surface area contributed by atoms with Crippen molar-refractivity contribution < 1.29 is 19.4 Å². The van der Waals surface area contributed by atoms with E-state index in [0.29, 0.717) is 6.26 Å². The fourth-order valence-corrected chi connectivity index (χ4v) is 0.421. The van der Waals surface area contributed by atoms with Crippen LogP contribution in [0.5, 0.6) is 0 Å². The maximum atomic E-state index is 10.7. The first-order valence-corrected chi connectivity index (χ1v) is 2.98. The van der Waals surface area contributed by atoms with Gasteiger partial charge in [-0.15, -0.1) is 0 Å². The van der Waals surface area contributed by atoms with Crippen LogP contribution in [0.25, 0.3) is 0 Å². The molecule has 0 spiro atoms. The summed E-state index contributed by atoms with van der Waals surface area (Å²) in [6.45, 7) is 1.81. The van der Waals surface area contributed by atoms with E-state index in [9.17, 15) is 9.59 Å². The maximum absolute atomic E-state index is 10.7. The molecule has 0 heterocycles. The van der Waals surface area contributed by atoms with Crippen LogP contribution < -0.4 is 5.32 Å². The molecule has 0 aromatic carbocycles. The zero-order valence-corrected chi connectivity index (χ0v) is 6.03. The summed E-state index contributed by atoms with van der Waals surface area (Å²) in [4.78, 5) is 20.5. The molecule has 0 fully saturated rings. The third kappa shape index (κ3) is 3.24. The number of nitrogens with one attached hydrogen (secondary N) is 1. The molecule has 0 aliphatic rings. The SMILES string of the molecule is CCO[13C](=O)[13C](=CO)NC=O. The number of esters is 1. The highest BCUT2D eigenvalue weighted by Crippen LogP contribution is 1.90. The normalized spacial score (nSPS) is 10.5. The number of rotatable bonds is 4. The summed E-state index contributed by atoms with van der Waals surface area (Å²) < 4.78 is 4.46. The second kappa shape index (κ2) is 5.28. The van der Waals surface area contributed by atoms with E-state index in [2.05, 4.69) is 4.74 Å². The fraction of sp³-hybridized carbons (Fsp3) is 0.333. The molecule has 0 aromatic heterocycles. The van der Waals surface area contributed by atoms with Crippen LogP contribution >= 0.6 is 0 Å². The molecule has 5 heteroatoms. The molecule has 1 amide bonds. The molecular formula is C6H9NO4. The number of ether oxygens (including phenoxy) is 1. The summed E-state index contributed by atoms with van der Waals surface area (Å²) in [7, 11) is 0. The van der Waals surface area contributed by atoms with Gasteiger partial charge in [0, 0.05) is 0 Å². The van der Waals surface area contributed by atoms with E-state index in [1.165, 1.54) is 0 Å². The Labute approximate surface area is 63.7 Å². The van der Waals surface area contributed by atoms with Gasteiger partial charge in [-0.25, -0.2) is 4.79 Å². The molecule has 5 nitrogen and oxygen atoms in total. The molecule has 0 aliphatic carbocycles. The van der Waals surface area contributed by atoms with Crippen LogP contribution in [-0.2, 0) is 14.3 Å². The van der Waals surface area contributed by atoms with Gasteiger partial charge in [-0.3, -0.25) is 4.79 Å². The van der Waals surface area contributed by atoms with Crippen LogP contribution in [0.1, 0.15) is 6.92 Å². The molecule has 0 saturated heterocycles. The Bertz CT molecular complexity index is 175. The Morgan fingerprint density at radius 2 is 2.36 bits per heavy atom. The molecule has 2 N–H and O–H groups in total. The smallest absolute Gasteiger partial charge is 0.358 e. The first-order valence-electron chi connectivity index (χ1n) is 2.98. The highest BCUT2D eigenvalue weighted by Gasteiger charge is 2.08. The Morgan fingerprint density at radius 3 is 2.73 bits per heavy atom. The quantitative estimate of drug-likeness (QED) is 0.195. The van der Waals surface area contributed by atoms with E-state index < -0.39 is 5.97 Å². The van der Waals surface area contributed by atoms with Gasteiger partial charge in [0.05, 0.1) is 6.61 Å².